The Morgan fingerprint density at radius 1 is 1.11 bits per heavy atom. The Hall–Kier alpha value is -3.03. The van der Waals surface area contributed by atoms with Crippen LogP contribution in [0.5, 0.6) is 11.5 Å². The van der Waals surface area contributed by atoms with Crippen LogP contribution < -0.4 is 14.8 Å². The summed E-state index contributed by atoms with van der Waals surface area (Å²) in [6, 6.07) is 10.4. The number of carbonyl (C=O) groups excluding carboxylic acids is 1. The number of amides is 1. The van der Waals surface area contributed by atoms with Crippen molar-refractivity contribution in [1.29, 1.82) is 0 Å². The third-order valence-electron chi connectivity index (χ3n) is 3.76. The van der Waals surface area contributed by atoms with Crippen molar-refractivity contribution in [2.45, 2.75) is 0 Å². The summed E-state index contributed by atoms with van der Waals surface area (Å²) < 4.78 is 10.5. The molecule has 0 saturated carbocycles. The number of hydrogen-bond acceptors (Lipinski definition) is 5. The first kappa shape index (κ1) is 19.7. The molecule has 0 fully saturated rings. The van der Waals surface area contributed by atoms with Crippen molar-refractivity contribution in [2.24, 2.45) is 0 Å². The summed E-state index contributed by atoms with van der Waals surface area (Å²) in [4.78, 5) is 16.4. The Balaban J connectivity index is 1.71. The average molecular weight is 419 g/mol. The Kier molecular flexibility index (Phi) is 6.18. The molecule has 0 aliphatic heterocycles. The van der Waals surface area contributed by atoms with Crippen molar-refractivity contribution >= 4 is 41.1 Å². The number of H-pyrrole nitrogens is 1. The lowest BCUT2D eigenvalue weighted by Crippen LogP contribution is -2.09. The van der Waals surface area contributed by atoms with Gasteiger partial charge in [-0.2, -0.15) is 4.98 Å². The summed E-state index contributed by atoms with van der Waals surface area (Å²) in [6.07, 6.45) is 2.96. The third-order valence-corrected chi connectivity index (χ3v) is 4.49. The predicted octanol–water partition coefficient (Wildman–Crippen LogP) is 4.45. The number of halogens is 2. The first-order valence-electron chi connectivity index (χ1n) is 8.09. The van der Waals surface area contributed by atoms with Crippen LogP contribution in [0.2, 0.25) is 10.0 Å². The van der Waals surface area contributed by atoms with Crippen LogP contribution in [0.15, 0.2) is 42.5 Å². The van der Waals surface area contributed by atoms with Crippen LogP contribution in [0, 0.1) is 0 Å². The van der Waals surface area contributed by atoms with E-state index < -0.39 is 5.91 Å². The van der Waals surface area contributed by atoms with Crippen molar-refractivity contribution in [2.75, 3.05) is 19.5 Å². The Morgan fingerprint density at radius 3 is 2.64 bits per heavy atom. The van der Waals surface area contributed by atoms with Crippen molar-refractivity contribution in [3.8, 4) is 22.9 Å². The van der Waals surface area contributed by atoms with Gasteiger partial charge in [-0.25, -0.2) is 0 Å². The molecule has 2 N–H and O–H groups in total. The highest BCUT2D eigenvalue weighted by Crippen LogP contribution is 2.31. The second kappa shape index (κ2) is 8.77. The zero-order valence-corrected chi connectivity index (χ0v) is 16.5. The van der Waals surface area contributed by atoms with Crippen LogP contribution >= 0.6 is 23.2 Å². The molecule has 28 heavy (non-hydrogen) atoms. The summed E-state index contributed by atoms with van der Waals surface area (Å²) in [5.41, 5.74) is 1.42. The fourth-order valence-electron chi connectivity index (χ4n) is 2.37. The molecule has 3 rings (SSSR count). The minimum atomic E-state index is -0.390. The molecule has 0 aliphatic rings. The Morgan fingerprint density at radius 2 is 1.93 bits per heavy atom. The number of ether oxygens (including phenoxy) is 2. The molecule has 0 bridgehead atoms. The van der Waals surface area contributed by atoms with Gasteiger partial charge in [-0.3, -0.25) is 15.2 Å². The highest BCUT2D eigenvalue weighted by molar-refractivity contribution is 6.42. The van der Waals surface area contributed by atoms with Gasteiger partial charge >= 0.3 is 0 Å². The number of methoxy groups -OCH3 is 2. The second-order valence-corrected chi connectivity index (χ2v) is 6.38. The average Bonchev–Trinajstić information content (AvgIpc) is 3.16. The normalized spacial score (nSPS) is 10.9. The molecule has 0 aliphatic carbocycles. The maximum atomic E-state index is 12.1. The molecule has 0 unspecified atom stereocenters. The molecule has 0 saturated heterocycles. The van der Waals surface area contributed by atoms with Crippen molar-refractivity contribution in [3.05, 3.63) is 58.1 Å². The van der Waals surface area contributed by atoms with Gasteiger partial charge in [0.1, 0.15) is 11.5 Å². The second-order valence-electron chi connectivity index (χ2n) is 5.57. The number of benzene rings is 2. The summed E-state index contributed by atoms with van der Waals surface area (Å²) >= 11 is 11.8. The van der Waals surface area contributed by atoms with Crippen LogP contribution in [-0.4, -0.2) is 35.3 Å². The molecule has 1 aromatic heterocycles. The molecule has 1 amide bonds. The quantitative estimate of drug-likeness (QED) is 0.577. The highest BCUT2D eigenvalue weighted by Gasteiger charge is 2.13. The largest absolute Gasteiger partial charge is 0.497 e. The fraction of sp³-hybridized carbons (Fsp3) is 0.105. The molecule has 144 valence electrons. The van der Waals surface area contributed by atoms with Gasteiger partial charge in [0.15, 0.2) is 5.82 Å². The van der Waals surface area contributed by atoms with Crippen LogP contribution in [0.4, 0.5) is 5.95 Å². The van der Waals surface area contributed by atoms with E-state index >= 15 is 0 Å². The topological polar surface area (TPSA) is 89.1 Å². The van der Waals surface area contributed by atoms with Gasteiger partial charge in [0.2, 0.25) is 5.95 Å². The van der Waals surface area contributed by atoms with Crippen LogP contribution in [0.3, 0.4) is 0 Å². The molecule has 0 spiro atoms. The number of aromatic amines is 1. The van der Waals surface area contributed by atoms with Gasteiger partial charge in [-0.15, -0.1) is 5.10 Å². The number of carbonyl (C=O) groups is 1. The number of rotatable bonds is 6. The molecule has 7 nitrogen and oxygen atoms in total. The van der Waals surface area contributed by atoms with Gasteiger partial charge in [0, 0.05) is 12.1 Å². The van der Waals surface area contributed by atoms with Gasteiger partial charge in [-0.1, -0.05) is 29.3 Å². The van der Waals surface area contributed by atoms with E-state index in [1.54, 1.807) is 56.7 Å². The molecule has 1 heterocycles. The molecular formula is C19H16Cl2N4O3. The maximum Gasteiger partial charge on any atom is 0.250 e. The predicted molar refractivity (Wildman–Crippen MR) is 109 cm³/mol. The SMILES string of the molecule is COc1ccc(-c2nc(NC(=O)C=Cc3ccc(Cl)c(Cl)c3)n[nH]2)c(OC)c1. The fourth-order valence-corrected chi connectivity index (χ4v) is 2.68. The summed E-state index contributed by atoms with van der Waals surface area (Å²) in [5.74, 6) is 1.41. The van der Waals surface area contributed by atoms with E-state index in [-0.39, 0.29) is 5.95 Å². The Bertz CT molecular complexity index is 1030. The van der Waals surface area contributed by atoms with Gasteiger partial charge in [0.25, 0.3) is 5.91 Å². The standard InChI is InChI=1S/C19H16Cl2N4O3/c1-27-12-5-6-13(16(10-12)28-2)18-23-19(25-24-18)22-17(26)8-4-11-3-7-14(20)15(21)9-11/h3-10H,1-2H3,(H2,22,23,24,25,26). The van der Waals surface area contributed by atoms with E-state index in [0.29, 0.717) is 32.9 Å². The number of nitrogens with one attached hydrogen (secondary N) is 2. The summed E-state index contributed by atoms with van der Waals surface area (Å²) in [6.45, 7) is 0. The van der Waals surface area contributed by atoms with E-state index in [9.17, 15) is 4.79 Å². The minimum absolute atomic E-state index is 0.136. The van der Waals surface area contributed by atoms with Crippen molar-refractivity contribution < 1.29 is 14.3 Å². The molecule has 0 radical (unpaired) electrons. The number of aromatic nitrogens is 3. The lowest BCUT2D eigenvalue weighted by atomic mass is 10.2. The number of anilines is 1. The van der Waals surface area contributed by atoms with E-state index in [0.717, 1.165) is 5.56 Å². The first-order chi connectivity index (χ1) is 13.5. The first-order valence-corrected chi connectivity index (χ1v) is 8.84. The maximum absolute atomic E-state index is 12.1. The van der Waals surface area contributed by atoms with Crippen molar-refractivity contribution in [3.63, 3.8) is 0 Å². The van der Waals surface area contributed by atoms with Gasteiger partial charge < -0.3 is 9.47 Å². The number of nitrogens with zero attached hydrogens (tertiary/aromatic N) is 2. The zero-order chi connectivity index (χ0) is 20.1. The van der Waals surface area contributed by atoms with Gasteiger partial charge in [0.05, 0.1) is 29.8 Å². The zero-order valence-electron chi connectivity index (χ0n) is 15.0. The van der Waals surface area contributed by atoms with Crippen molar-refractivity contribution in [1.82, 2.24) is 15.2 Å². The monoisotopic (exact) mass is 418 g/mol. The molecule has 2 aromatic carbocycles. The van der Waals surface area contributed by atoms with E-state index in [1.807, 2.05) is 0 Å². The highest BCUT2D eigenvalue weighted by atomic mass is 35.5. The van der Waals surface area contributed by atoms with E-state index in [2.05, 4.69) is 20.5 Å². The molecule has 3 aromatic rings. The number of hydrogen-bond donors (Lipinski definition) is 2. The van der Waals surface area contributed by atoms with E-state index in [4.69, 9.17) is 32.7 Å². The third kappa shape index (κ3) is 4.62. The van der Waals surface area contributed by atoms with Crippen LogP contribution in [-0.2, 0) is 4.79 Å². The van der Waals surface area contributed by atoms with Gasteiger partial charge in [-0.05, 0) is 35.9 Å². The van der Waals surface area contributed by atoms with Crippen LogP contribution in [0.25, 0.3) is 17.5 Å². The summed E-state index contributed by atoms with van der Waals surface area (Å²) in [7, 11) is 3.12. The molecular weight excluding hydrogens is 403 g/mol. The minimum Gasteiger partial charge on any atom is -0.497 e. The molecule has 9 heteroatoms. The van der Waals surface area contributed by atoms with Crippen LogP contribution in [0.1, 0.15) is 5.56 Å². The smallest absolute Gasteiger partial charge is 0.250 e. The van der Waals surface area contributed by atoms with E-state index in [1.165, 1.54) is 6.08 Å². The lowest BCUT2D eigenvalue weighted by Gasteiger charge is -2.07. The lowest BCUT2D eigenvalue weighted by molar-refractivity contribution is -0.111. The molecule has 0 atom stereocenters. The summed E-state index contributed by atoms with van der Waals surface area (Å²) in [5, 5.41) is 10.2. The Labute approximate surface area is 171 Å².